The van der Waals surface area contributed by atoms with Crippen LogP contribution in [0.2, 0.25) is 0 Å². The zero-order valence-electron chi connectivity index (χ0n) is 11.6. The van der Waals surface area contributed by atoms with Crippen LogP contribution in [0.4, 0.5) is 4.79 Å². The second kappa shape index (κ2) is 4.48. The highest BCUT2D eigenvalue weighted by Gasteiger charge is 2.49. The molecule has 2 saturated heterocycles. The number of nitrogens with zero attached hydrogens (tertiary/aromatic N) is 2. The monoisotopic (exact) mass is 272 g/mol. The van der Waals surface area contributed by atoms with Crippen LogP contribution in [0.15, 0.2) is 30.3 Å². The summed E-state index contributed by atoms with van der Waals surface area (Å²) in [5.74, 6) is 0. The Balaban J connectivity index is 1.40. The van der Waals surface area contributed by atoms with E-state index in [1.165, 1.54) is 37.2 Å². The van der Waals surface area contributed by atoms with E-state index in [0.717, 1.165) is 18.7 Å². The molecule has 0 N–H and O–H groups in total. The second-order valence-corrected chi connectivity index (χ2v) is 6.36. The predicted molar refractivity (Wildman–Crippen MR) is 74.6 cm³/mol. The summed E-state index contributed by atoms with van der Waals surface area (Å²) in [6.45, 7) is 1.81. The fourth-order valence-electron chi connectivity index (χ4n) is 3.81. The van der Waals surface area contributed by atoms with Crippen molar-refractivity contribution in [3.8, 4) is 0 Å². The molecule has 0 aromatic heterocycles. The number of likely N-dealkylation sites (tertiary alicyclic amines) is 1. The minimum atomic E-state index is -0.177. The molecule has 0 bridgehead atoms. The van der Waals surface area contributed by atoms with Crippen molar-refractivity contribution in [3.63, 3.8) is 0 Å². The highest BCUT2D eigenvalue weighted by molar-refractivity contribution is 5.75. The first-order chi connectivity index (χ1) is 9.77. The van der Waals surface area contributed by atoms with Crippen molar-refractivity contribution in [2.45, 2.75) is 38.3 Å². The van der Waals surface area contributed by atoms with Gasteiger partial charge in [-0.05, 0) is 24.7 Å². The molecule has 1 atom stereocenters. The van der Waals surface area contributed by atoms with Crippen LogP contribution in [-0.2, 0) is 4.84 Å². The van der Waals surface area contributed by atoms with E-state index in [0.29, 0.717) is 5.41 Å². The van der Waals surface area contributed by atoms with Gasteiger partial charge in [-0.15, -0.1) is 0 Å². The van der Waals surface area contributed by atoms with Gasteiger partial charge in [-0.1, -0.05) is 43.2 Å². The van der Waals surface area contributed by atoms with Crippen molar-refractivity contribution in [2.24, 2.45) is 5.41 Å². The molecule has 20 heavy (non-hydrogen) atoms. The maximum absolute atomic E-state index is 12.5. The summed E-state index contributed by atoms with van der Waals surface area (Å²) >= 11 is 0. The van der Waals surface area contributed by atoms with Gasteiger partial charge >= 0.3 is 6.03 Å². The number of carbonyl (C=O) groups excluding carboxylic acids is 1. The maximum Gasteiger partial charge on any atom is 0.346 e. The van der Waals surface area contributed by atoms with Crippen molar-refractivity contribution >= 4 is 6.03 Å². The minimum absolute atomic E-state index is 0.0441. The molecule has 1 aromatic rings. The molecular formula is C16H20N2O2. The van der Waals surface area contributed by atoms with Gasteiger partial charge in [-0.2, -0.15) is 5.06 Å². The molecule has 1 saturated carbocycles. The third-order valence-electron chi connectivity index (χ3n) is 5.03. The third kappa shape index (κ3) is 1.99. The number of hydrogen-bond acceptors (Lipinski definition) is 2. The largest absolute Gasteiger partial charge is 0.346 e. The van der Waals surface area contributed by atoms with E-state index >= 15 is 0 Å². The van der Waals surface area contributed by atoms with Gasteiger partial charge in [0.15, 0.2) is 0 Å². The second-order valence-electron chi connectivity index (χ2n) is 6.36. The average molecular weight is 272 g/mol. The van der Waals surface area contributed by atoms with Crippen LogP contribution in [0.1, 0.15) is 43.9 Å². The van der Waals surface area contributed by atoms with Crippen LogP contribution in [0.3, 0.4) is 0 Å². The van der Waals surface area contributed by atoms with Gasteiger partial charge < -0.3 is 4.90 Å². The lowest BCUT2D eigenvalue weighted by molar-refractivity contribution is 0.141. The summed E-state index contributed by atoms with van der Waals surface area (Å²) in [6, 6.07) is 9.97. The van der Waals surface area contributed by atoms with E-state index in [1.807, 2.05) is 35.2 Å². The van der Waals surface area contributed by atoms with E-state index in [9.17, 15) is 4.79 Å². The number of hydroxylamine groups is 2. The van der Waals surface area contributed by atoms with Crippen molar-refractivity contribution in [1.82, 2.24) is 9.96 Å². The molecule has 0 radical (unpaired) electrons. The molecule has 4 heteroatoms. The molecule has 2 amide bonds. The van der Waals surface area contributed by atoms with Gasteiger partial charge in [0.05, 0.1) is 0 Å². The highest BCUT2D eigenvalue weighted by Crippen LogP contribution is 2.46. The van der Waals surface area contributed by atoms with Gasteiger partial charge in [0, 0.05) is 18.7 Å². The summed E-state index contributed by atoms with van der Waals surface area (Å²) in [5, 5.41) is 1.52. The zero-order valence-corrected chi connectivity index (χ0v) is 11.6. The van der Waals surface area contributed by atoms with Gasteiger partial charge in [-0.25, -0.2) is 9.63 Å². The molecule has 106 valence electrons. The lowest BCUT2D eigenvalue weighted by atomic mass is 9.86. The van der Waals surface area contributed by atoms with E-state index in [4.69, 9.17) is 4.84 Å². The number of hydrogen-bond donors (Lipinski definition) is 0. The Morgan fingerprint density at radius 2 is 1.90 bits per heavy atom. The zero-order chi connectivity index (χ0) is 13.6. The number of rotatable bonds is 1. The molecule has 1 unspecified atom stereocenters. The van der Waals surface area contributed by atoms with Gasteiger partial charge in [0.25, 0.3) is 0 Å². The number of carbonyl (C=O) groups is 1. The number of benzene rings is 1. The summed E-state index contributed by atoms with van der Waals surface area (Å²) in [5.41, 5.74) is 1.48. The molecular weight excluding hydrogens is 252 g/mol. The topological polar surface area (TPSA) is 35.9 Å². The first kappa shape index (κ1) is 12.2. The fourth-order valence-corrected chi connectivity index (χ4v) is 3.81. The molecule has 1 aliphatic carbocycles. The highest BCUT2D eigenvalue weighted by atomic mass is 16.8. The summed E-state index contributed by atoms with van der Waals surface area (Å²) < 4.78 is 0. The van der Waals surface area contributed by atoms with Crippen LogP contribution in [-0.4, -0.2) is 29.1 Å². The van der Waals surface area contributed by atoms with Gasteiger partial charge in [0.2, 0.25) is 6.23 Å². The minimum Gasteiger partial charge on any atom is -0.322 e. The van der Waals surface area contributed by atoms with Crippen molar-refractivity contribution in [2.75, 3.05) is 13.1 Å². The molecule has 1 aromatic carbocycles. The van der Waals surface area contributed by atoms with E-state index in [-0.39, 0.29) is 12.3 Å². The normalized spacial score (nSPS) is 27.3. The lowest BCUT2D eigenvalue weighted by Crippen LogP contribution is -2.34. The van der Waals surface area contributed by atoms with Gasteiger partial charge in [-0.3, -0.25) is 0 Å². The van der Waals surface area contributed by atoms with Crippen molar-refractivity contribution < 1.29 is 9.63 Å². The Labute approximate surface area is 119 Å². The molecule has 3 aliphatic rings. The van der Waals surface area contributed by atoms with Crippen molar-refractivity contribution in [3.05, 3.63) is 35.9 Å². The summed E-state index contributed by atoms with van der Waals surface area (Å²) in [7, 11) is 0. The SMILES string of the molecule is O=C(N1CCC2(CCCC2)C1)N1OC1c1ccccc1. The molecule has 3 fully saturated rings. The van der Waals surface area contributed by atoms with Crippen LogP contribution >= 0.6 is 0 Å². The Bertz CT molecular complexity index is 510. The van der Waals surface area contributed by atoms with Crippen LogP contribution in [0, 0.1) is 5.41 Å². The average Bonchev–Trinajstić information content (AvgIpc) is 2.98. The summed E-state index contributed by atoms with van der Waals surface area (Å²) in [6.07, 6.45) is 6.23. The quantitative estimate of drug-likeness (QED) is 0.735. The Kier molecular flexibility index (Phi) is 2.74. The Hall–Kier alpha value is -1.55. The smallest absolute Gasteiger partial charge is 0.322 e. The number of amides is 2. The van der Waals surface area contributed by atoms with Crippen LogP contribution in [0.25, 0.3) is 0 Å². The molecule has 2 aliphatic heterocycles. The first-order valence-corrected chi connectivity index (χ1v) is 7.57. The van der Waals surface area contributed by atoms with Crippen molar-refractivity contribution in [1.29, 1.82) is 0 Å². The van der Waals surface area contributed by atoms with Crippen LogP contribution in [0.5, 0.6) is 0 Å². The summed E-state index contributed by atoms with van der Waals surface area (Å²) in [4.78, 5) is 19.9. The first-order valence-electron chi connectivity index (χ1n) is 7.57. The van der Waals surface area contributed by atoms with E-state index < -0.39 is 0 Å². The lowest BCUT2D eigenvalue weighted by Gasteiger charge is -2.23. The molecule has 1 spiro atoms. The Morgan fingerprint density at radius 1 is 1.15 bits per heavy atom. The molecule has 2 heterocycles. The Morgan fingerprint density at radius 3 is 2.65 bits per heavy atom. The third-order valence-corrected chi connectivity index (χ3v) is 5.03. The van der Waals surface area contributed by atoms with Crippen LogP contribution < -0.4 is 0 Å². The fraction of sp³-hybridized carbons (Fsp3) is 0.562. The van der Waals surface area contributed by atoms with Gasteiger partial charge in [0.1, 0.15) is 0 Å². The van der Waals surface area contributed by atoms with E-state index in [1.54, 1.807) is 0 Å². The predicted octanol–water partition coefficient (Wildman–Crippen LogP) is 3.32. The molecule has 4 nitrogen and oxygen atoms in total. The standard InChI is InChI=1S/C16H20N2O2/c19-15(17-11-10-16(12-17)8-4-5-9-16)18-14(20-18)13-6-2-1-3-7-13/h1-3,6-7,14H,4-5,8-12H2. The molecule has 4 rings (SSSR count). The maximum atomic E-state index is 12.5. The number of urea groups is 1. The van der Waals surface area contributed by atoms with E-state index in [2.05, 4.69) is 0 Å².